The summed E-state index contributed by atoms with van der Waals surface area (Å²) in [5, 5.41) is 8.73. The van der Waals surface area contributed by atoms with Gasteiger partial charge in [-0.25, -0.2) is 22.9 Å². The summed E-state index contributed by atoms with van der Waals surface area (Å²) in [6, 6.07) is 4.70. The number of carboxylic acid groups (broad SMARTS) is 1. The van der Waals surface area contributed by atoms with Gasteiger partial charge in [-0.15, -0.1) is 0 Å². The highest BCUT2D eigenvalue weighted by Crippen LogP contribution is 2.46. The molecule has 0 bridgehead atoms. The minimum absolute atomic E-state index is 0.323. The number of sulfonamides is 1. The van der Waals surface area contributed by atoms with Crippen LogP contribution < -0.4 is 9.46 Å². The molecule has 0 aliphatic heterocycles. The largest absolute Gasteiger partial charge is 0.487 e. The summed E-state index contributed by atoms with van der Waals surface area (Å²) in [4.78, 5) is 25.6. The van der Waals surface area contributed by atoms with Gasteiger partial charge < -0.3 is 9.84 Å². The van der Waals surface area contributed by atoms with E-state index in [1.807, 2.05) is 0 Å². The molecule has 0 spiro atoms. The maximum absolute atomic E-state index is 13.2. The molecule has 0 radical (unpaired) electrons. The van der Waals surface area contributed by atoms with Crippen molar-refractivity contribution in [1.29, 1.82) is 0 Å². The minimum atomic E-state index is -6.53. The summed E-state index contributed by atoms with van der Waals surface area (Å²) in [7, 11) is -4.55. The number of carbonyl (C=O) groups excluding carboxylic acids is 1. The van der Waals surface area contributed by atoms with Gasteiger partial charge in [0.25, 0.3) is 15.9 Å². The highest BCUT2D eigenvalue weighted by atomic mass is 32.2. The summed E-state index contributed by atoms with van der Waals surface area (Å²) < 4.78 is 119. The van der Waals surface area contributed by atoms with Crippen LogP contribution in [0.4, 0.5) is 30.7 Å². The third-order valence-electron chi connectivity index (χ3n) is 3.84. The van der Waals surface area contributed by atoms with Gasteiger partial charge in [0.05, 0.1) is 10.5 Å². The number of halogens is 7. The van der Waals surface area contributed by atoms with Crippen LogP contribution in [0.25, 0.3) is 0 Å². The van der Waals surface area contributed by atoms with Gasteiger partial charge in [0, 0.05) is 6.20 Å². The molecule has 2 N–H and O–H groups in total. The van der Waals surface area contributed by atoms with Crippen molar-refractivity contribution in [3.05, 3.63) is 53.9 Å². The van der Waals surface area contributed by atoms with Crippen LogP contribution in [0, 0.1) is 0 Å². The van der Waals surface area contributed by atoms with E-state index in [1.165, 1.54) is 0 Å². The SMILES string of the molecule is O=C(NS(=O)(=O)c1ccc(OCC(F)(F)C(F)(F)C(F)(F)F)cc1)c1ccc(C(=O)O)nc1. The lowest BCUT2D eigenvalue weighted by molar-refractivity contribution is -0.358. The smallest absolute Gasteiger partial charge is 0.460 e. The first-order chi connectivity index (χ1) is 15.0. The molecule has 0 unspecified atom stereocenters. The summed E-state index contributed by atoms with van der Waals surface area (Å²) >= 11 is 0. The zero-order valence-corrected chi connectivity index (χ0v) is 16.6. The Labute approximate surface area is 180 Å². The molecule has 2 rings (SSSR count). The number of carboxylic acids is 1. The first kappa shape index (κ1) is 25.8. The van der Waals surface area contributed by atoms with Crippen LogP contribution in [0.1, 0.15) is 20.8 Å². The molecular formula is C17H11F7N2O6S. The number of nitrogens with one attached hydrogen (secondary N) is 1. The molecule has 0 atom stereocenters. The van der Waals surface area contributed by atoms with Crippen LogP contribution in [0.5, 0.6) is 5.75 Å². The molecule has 180 valence electrons. The van der Waals surface area contributed by atoms with Crippen molar-refractivity contribution < 1.29 is 58.6 Å². The van der Waals surface area contributed by atoms with E-state index in [0.29, 0.717) is 24.3 Å². The van der Waals surface area contributed by atoms with Crippen molar-refractivity contribution >= 4 is 21.9 Å². The van der Waals surface area contributed by atoms with E-state index in [4.69, 9.17) is 5.11 Å². The summed E-state index contributed by atoms with van der Waals surface area (Å²) in [6.07, 6.45) is -5.73. The number of amides is 1. The Morgan fingerprint density at radius 1 is 0.970 bits per heavy atom. The van der Waals surface area contributed by atoms with Gasteiger partial charge in [0.15, 0.2) is 6.61 Å². The van der Waals surface area contributed by atoms with E-state index in [-0.39, 0.29) is 5.56 Å². The van der Waals surface area contributed by atoms with Crippen LogP contribution in [-0.2, 0) is 10.0 Å². The first-order valence-corrected chi connectivity index (χ1v) is 9.78. The molecular weight excluding hydrogens is 493 g/mol. The fourth-order valence-electron chi connectivity index (χ4n) is 2.08. The van der Waals surface area contributed by atoms with Crippen LogP contribution in [0.3, 0.4) is 0 Å². The van der Waals surface area contributed by atoms with Gasteiger partial charge in [0.2, 0.25) is 0 Å². The second-order valence-corrected chi connectivity index (χ2v) is 7.89. The third kappa shape index (κ3) is 5.68. The fraction of sp³-hybridized carbons (Fsp3) is 0.235. The third-order valence-corrected chi connectivity index (χ3v) is 5.19. The van der Waals surface area contributed by atoms with Crippen LogP contribution in [-0.4, -0.2) is 55.0 Å². The number of pyridine rings is 1. The zero-order chi connectivity index (χ0) is 25.2. The van der Waals surface area contributed by atoms with Crippen LogP contribution >= 0.6 is 0 Å². The van der Waals surface area contributed by atoms with Gasteiger partial charge in [-0.05, 0) is 36.4 Å². The van der Waals surface area contributed by atoms with E-state index in [2.05, 4.69) is 9.72 Å². The average molecular weight is 504 g/mol. The topological polar surface area (TPSA) is 123 Å². The number of benzene rings is 1. The number of aromatic nitrogens is 1. The Kier molecular flexibility index (Phi) is 6.92. The molecule has 2 aromatic rings. The van der Waals surface area contributed by atoms with Crippen molar-refractivity contribution in [3.8, 4) is 5.75 Å². The highest BCUT2D eigenvalue weighted by molar-refractivity contribution is 7.90. The standard InChI is InChI=1S/C17H11F7N2O6S/c18-15(19,16(20,21)17(22,23)24)8-32-10-2-4-11(5-3-10)33(30,31)26-13(27)9-1-6-12(14(28)29)25-7-9/h1-7H,8H2,(H,26,27)(H,28,29). The molecule has 1 aromatic heterocycles. The number of aromatic carboxylic acids is 1. The molecule has 1 heterocycles. The van der Waals surface area contributed by atoms with Gasteiger partial charge in [0.1, 0.15) is 11.4 Å². The summed E-state index contributed by atoms with van der Waals surface area (Å²) in [6.45, 7) is -2.36. The molecule has 8 nitrogen and oxygen atoms in total. The Morgan fingerprint density at radius 2 is 1.55 bits per heavy atom. The van der Waals surface area contributed by atoms with Crippen molar-refractivity contribution in [2.75, 3.05) is 6.61 Å². The van der Waals surface area contributed by atoms with Gasteiger partial charge in [-0.1, -0.05) is 0 Å². The molecule has 0 saturated heterocycles. The summed E-state index contributed by atoms with van der Waals surface area (Å²) in [5.41, 5.74) is -0.736. The highest BCUT2D eigenvalue weighted by Gasteiger charge is 2.73. The van der Waals surface area contributed by atoms with E-state index in [9.17, 15) is 48.7 Å². The van der Waals surface area contributed by atoms with Gasteiger partial charge in [-0.3, -0.25) is 4.79 Å². The number of rotatable bonds is 8. The normalized spacial score (nSPS) is 12.8. The zero-order valence-electron chi connectivity index (χ0n) is 15.7. The molecule has 16 heteroatoms. The lowest BCUT2D eigenvalue weighted by atomic mass is 10.2. The monoisotopic (exact) mass is 504 g/mol. The average Bonchev–Trinajstić information content (AvgIpc) is 2.71. The predicted octanol–water partition coefficient (Wildman–Crippen LogP) is 3.11. The molecule has 33 heavy (non-hydrogen) atoms. The second-order valence-electron chi connectivity index (χ2n) is 6.21. The van der Waals surface area contributed by atoms with E-state index >= 15 is 0 Å². The Hall–Kier alpha value is -3.43. The van der Waals surface area contributed by atoms with Gasteiger partial charge >= 0.3 is 24.0 Å². The second kappa shape index (κ2) is 8.84. The molecule has 1 amide bonds. The molecule has 0 aliphatic carbocycles. The Balaban J connectivity index is 2.09. The fourth-order valence-corrected chi connectivity index (χ4v) is 3.06. The van der Waals surface area contributed by atoms with Crippen LogP contribution in [0.2, 0.25) is 0 Å². The number of hydrogen-bond donors (Lipinski definition) is 2. The van der Waals surface area contributed by atoms with Gasteiger partial charge in [-0.2, -0.15) is 30.7 Å². The number of nitrogens with zero attached hydrogens (tertiary/aromatic N) is 1. The van der Waals surface area contributed by atoms with E-state index < -0.39 is 62.9 Å². The lowest BCUT2D eigenvalue weighted by Gasteiger charge is -2.27. The predicted molar refractivity (Wildman–Crippen MR) is 93.7 cm³/mol. The Bertz CT molecular complexity index is 1130. The number of alkyl halides is 7. The molecule has 0 fully saturated rings. The van der Waals surface area contributed by atoms with E-state index in [1.54, 1.807) is 4.72 Å². The number of hydrogen-bond acceptors (Lipinski definition) is 6. The minimum Gasteiger partial charge on any atom is -0.487 e. The first-order valence-electron chi connectivity index (χ1n) is 8.30. The maximum atomic E-state index is 13.2. The quantitative estimate of drug-likeness (QED) is 0.530. The number of carbonyl (C=O) groups is 2. The van der Waals surface area contributed by atoms with E-state index in [0.717, 1.165) is 18.3 Å². The number of ether oxygens (including phenoxy) is 1. The lowest BCUT2D eigenvalue weighted by Crippen LogP contribution is -2.54. The van der Waals surface area contributed by atoms with Crippen molar-refractivity contribution in [3.63, 3.8) is 0 Å². The van der Waals surface area contributed by atoms with Crippen molar-refractivity contribution in [2.45, 2.75) is 22.9 Å². The maximum Gasteiger partial charge on any atom is 0.460 e. The Morgan fingerprint density at radius 3 is 2.00 bits per heavy atom. The summed E-state index contributed by atoms with van der Waals surface area (Å²) in [5.74, 6) is -15.2. The van der Waals surface area contributed by atoms with Crippen molar-refractivity contribution in [2.24, 2.45) is 0 Å². The molecule has 0 aliphatic rings. The molecule has 0 saturated carbocycles. The van der Waals surface area contributed by atoms with Crippen molar-refractivity contribution in [1.82, 2.24) is 9.71 Å². The molecule has 1 aromatic carbocycles. The van der Waals surface area contributed by atoms with Crippen LogP contribution in [0.15, 0.2) is 47.5 Å².